The van der Waals surface area contributed by atoms with Gasteiger partial charge >= 0.3 is 0 Å². The number of nitrogens with zero attached hydrogens (tertiary/aromatic N) is 1. The maximum atomic E-state index is 12.5. The molecule has 0 bridgehead atoms. The first-order valence-corrected chi connectivity index (χ1v) is 7.82. The third kappa shape index (κ3) is 2.48. The molecular formula is C12H17ClN2O2S. The Bertz CT molecular complexity index is 545. The lowest BCUT2D eigenvalue weighted by atomic mass is 10.1. The Morgan fingerprint density at radius 3 is 2.83 bits per heavy atom. The second-order valence-corrected chi connectivity index (χ2v) is 6.93. The highest BCUT2D eigenvalue weighted by molar-refractivity contribution is 7.89. The molecule has 1 aromatic carbocycles. The van der Waals surface area contributed by atoms with Crippen LogP contribution in [0.25, 0.3) is 0 Å². The van der Waals surface area contributed by atoms with E-state index in [4.69, 9.17) is 17.3 Å². The molecule has 1 atom stereocenters. The Morgan fingerprint density at radius 2 is 2.22 bits per heavy atom. The van der Waals surface area contributed by atoms with Gasteiger partial charge in [-0.25, -0.2) is 8.42 Å². The molecule has 2 N–H and O–H groups in total. The molecule has 0 aromatic heterocycles. The Morgan fingerprint density at radius 1 is 1.50 bits per heavy atom. The van der Waals surface area contributed by atoms with Crippen molar-refractivity contribution in [3.8, 4) is 0 Å². The van der Waals surface area contributed by atoms with Gasteiger partial charge in [0, 0.05) is 18.8 Å². The van der Waals surface area contributed by atoms with Crippen molar-refractivity contribution in [1.82, 2.24) is 4.31 Å². The number of sulfonamides is 1. The van der Waals surface area contributed by atoms with Crippen LogP contribution in [-0.2, 0) is 10.0 Å². The van der Waals surface area contributed by atoms with Gasteiger partial charge in [0.15, 0.2) is 0 Å². The molecule has 18 heavy (non-hydrogen) atoms. The molecule has 100 valence electrons. The molecule has 0 amide bonds. The molecule has 2 rings (SSSR count). The van der Waals surface area contributed by atoms with E-state index in [9.17, 15) is 8.42 Å². The molecule has 0 aliphatic carbocycles. The molecule has 6 heteroatoms. The summed E-state index contributed by atoms with van der Waals surface area (Å²) < 4.78 is 26.4. The van der Waals surface area contributed by atoms with Crippen LogP contribution in [0.5, 0.6) is 0 Å². The summed E-state index contributed by atoms with van der Waals surface area (Å²) in [7, 11) is -3.51. The second-order valence-electron chi connectivity index (χ2n) is 4.62. The van der Waals surface area contributed by atoms with Crippen LogP contribution in [0.4, 0.5) is 5.69 Å². The van der Waals surface area contributed by atoms with E-state index in [1.165, 1.54) is 16.4 Å². The van der Waals surface area contributed by atoms with E-state index in [2.05, 4.69) is 6.92 Å². The van der Waals surface area contributed by atoms with Gasteiger partial charge in [0.05, 0.1) is 5.02 Å². The van der Waals surface area contributed by atoms with E-state index in [-0.39, 0.29) is 9.92 Å². The fourth-order valence-corrected chi connectivity index (χ4v) is 4.25. The van der Waals surface area contributed by atoms with Crippen molar-refractivity contribution in [3.63, 3.8) is 0 Å². The quantitative estimate of drug-likeness (QED) is 0.868. The van der Waals surface area contributed by atoms with Crippen molar-refractivity contribution >= 4 is 27.3 Å². The van der Waals surface area contributed by atoms with Crippen LogP contribution in [-0.4, -0.2) is 25.8 Å². The van der Waals surface area contributed by atoms with Gasteiger partial charge in [-0.1, -0.05) is 24.9 Å². The number of halogens is 1. The number of nitrogen functional groups attached to an aromatic ring is 1. The Kier molecular flexibility index (Phi) is 3.84. The maximum Gasteiger partial charge on any atom is 0.244 e. The van der Waals surface area contributed by atoms with E-state index in [1.54, 1.807) is 6.07 Å². The van der Waals surface area contributed by atoms with Crippen molar-refractivity contribution in [3.05, 3.63) is 23.2 Å². The summed E-state index contributed by atoms with van der Waals surface area (Å²) in [6, 6.07) is 4.55. The minimum absolute atomic E-state index is 0.112. The lowest BCUT2D eigenvalue weighted by Crippen LogP contribution is -2.29. The molecule has 1 aliphatic heterocycles. The van der Waals surface area contributed by atoms with Crippen molar-refractivity contribution in [2.45, 2.75) is 24.7 Å². The van der Waals surface area contributed by atoms with E-state index >= 15 is 0 Å². The van der Waals surface area contributed by atoms with Crippen LogP contribution in [0.2, 0.25) is 5.02 Å². The average Bonchev–Trinajstić information content (AvgIpc) is 2.81. The average molecular weight is 289 g/mol. The van der Waals surface area contributed by atoms with Crippen LogP contribution in [0.15, 0.2) is 23.1 Å². The van der Waals surface area contributed by atoms with Crippen LogP contribution in [0.1, 0.15) is 19.8 Å². The van der Waals surface area contributed by atoms with Crippen LogP contribution in [0, 0.1) is 5.92 Å². The third-order valence-corrected chi connectivity index (χ3v) is 5.75. The van der Waals surface area contributed by atoms with Gasteiger partial charge in [0.1, 0.15) is 4.90 Å². The minimum atomic E-state index is -3.51. The summed E-state index contributed by atoms with van der Waals surface area (Å²) in [5, 5.41) is 0.226. The highest BCUT2D eigenvalue weighted by Gasteiger charge is 2.33. The van der Waals surface area contributed by atoms with E-state index in [0.717, 1.165) is 12.8 Å². The van der Waals surface area contributed by atoms with Crippen molar-refractivity contribution in [1.29, 1.82) is 0 Å². The van der Waals surface area contributed by atoms with Gasteiger partial charge < -0.3 is 5.73 Å². The number of hydrogen-bond acceptors (Lipinski definition) is 3. The fraction of sp³-hybridized carbons (Fsp3) is 0.500. The van der Waals surface area contributed by atoms with E-state index < -0.39 is 10.0 Å². The zero-order chi connectivity index (χ0) is 13.3. The van der Waals surface area contributed by atoms with Gasteiger partial charge in [0.25, 0.3) is 0 Å². The fourth-order valence-electron chi connectivity index (χ4n) is 2.21. The van der Waals surface area contributed by atoms with Gasteiger partial charge in [-0.3, -0.25) is 0 Å². The van der Waals surface area contributed by atoms with Crippen molar-refractivity contribution in [2.75, 3.05) is 18.8 Å². The van der Waals surface area contributed by atoms with Gasteiger partial charge in [-0.05, 0) is 30.5 Å². The lowest BCUT2D eigenvalue weighted by Gasteiger charge is -2.17. The summed E-state index contributed by atoms with van der Waals surface area (Å²) in [4.78, 5) is 0.112. The Balaban J connectivity index is 2.34. The monoisotopic (exact) mass is 288 g/mol. The van der Waals surface area contributed by atoms with Crippen LogP contribution >= 0.6 is 11.6 Å². The molecule has 0 saturated carbocycles. The van der Waals surface area contributed by atoms with E-state index in [0.29, 0.717) is 24.7 Å². The van der Waals surface area contributed by atoms with Gasteiger partial charge in [-0.15, -0.1) is 0 Å². The highest BCUT2D eigenvalue weighted by atomic mass is 35.5. The zero-order valence-corrected chi connectivity index (χ0v) is 11.8. The number of rotatable bonds is 3. The first kappa shape index (κ1) is 13.6. The SMILES string of the molecule is CCC1CCN(S(=O)(=O)c2cc(N)ccc2Cl)C1. The largest absolute Gasteiger partial charge is 0.399 e. The molecule has 1 heterocycles. The molecule has 1 fully saturated rings. The zero-order valence-electron chi connectivity index (χ0n) is 10.3. The number of nitrogens with two attached hydrogens (primary N) is 1. The minimum Gasteiger partial charge on any atom is -0.399 e. The van der Waals surface area contributed by atoms with E-state index in [1.807, 2.05) is 0 Å². The second kappa shape index (κ2) is 5.07. The molecular weight excluding hydrogens is 272 g/mol. The molecule has 0 radical (unpaired) electrons. The van der Waals surface area contributed by atoms with Crippen molar-refractivity contribution < 1.29 is 8.42 Å². The molecule has 4 nitrogen and oxygen atoms in total. The Labute approximate surface area is 113 Å². The predicted octanol–water partition coefficient (Wildman–Crippen LogP) is 2.34. The summed E-state index contributed by atoms with van der Waals surface area (Å²) in [5.74, 6) is 0.444. The summed E-state index contributed by atoms with van der Waals surface area (Å²) in [5.41, 5.74) is 6.04. The number of benzene rings is 1. The Hall–Kier alpha value is -0.780. The highest BCUT2D eigenvalue weighted by Crippen LogP contribution is 2.30. The maximum absolute atomic E-state index is 12.5. The lowest BCUT2D eigenvalue weighted by molar-refractivity contribution is 0.453. The van der Waals surface area contributed by atoms with Gasteiger partial charge in [0.2, 0.25) is 10.0 Å². The predicted molar refractivity (Wildman–Crippen MR) is 73.0 cm³/mol. The normalized spacial score (nSPS) is 21.3. The first-order valence-electron chi connectivity index (χ1n) is 6.00. The van der Waals surface area contributed by atoms with Crippen LogP contribution < -0.4 is 5.73 Å². The molecule has 1 aliphatic rings. The molecule has 1 aromatic rings. The topological polar surface area (TPSA) is 63.4 Å². The summed E-state index contributed by atoms with van der Waals surface area (Å²) >= 11 is 5.97. The number of anilines is 1. The number of hydrogen-bond donors (Lipinski definition) is 1. The third-order valence-electron chi connectivity index (χ3n) is 3.40. The summed E-state index contributed by atoms with van der Waals surface area (Å²) in [6.45, 7) is 3.21. The summed E-state index contributed by atoms with van der Waals surface area (Å²) in [6.07, 6.45) is 1.91. The molecule has 1 saturated heterocycles. The molecule has 1 unspecified atom stereocenters. The smallest absolute Gasteiger partial charge is 0.244 e. The molecule has 0 spiro atoms. The van der Waals surface area contributed by atoms with Gasteiger partial charge in [-0.2, -0.15) is 4.31 Å². The first-order chi connectivity index (χ1) is 8.45. The van der Waals surface area contributed by atoms with Crippen LogP contribution in [0.3, 0.4) is 0 Å². The standard InChI is InChI=1S/C12H17ClN2O2S/c1-2-9-5-6-15(8-9)18(16,17)12-7-10(14)3-4-11(12)13/h3-4,7,9H,2,5-6,8,14H2,1H3. The van der Waals surface area contributed by atoms with Crippen molar-refractivity contribution in [2.24, 2.45) is 5.92 Å².